The van der Waals surface area contributed by atoms with Gasteiger partial charge in [-0.1, -0.05) is 33.1 Å². The van der Waals surface area contributed by atoms with Gasteiger partial charge in [0.25, 0.3) is 0 Å². The van der Waals surface area contributed by atoms with Crippen LogP contribution in [0.3, 0.4) is 0 Å². The maximum absolute atomic E-state index is 3.79. The average molecular weight is 235 g/mol. The fourth-order valence-electron chi connectivity index (χ4n) is 5.24. The van der Waals surface area contributed by atoms with Crippen molar-refractivity contribution < 1.29 is 0 Å². The standard InChI is InChI=1S/C16H29N/c1-12(2)17-11-16(14-5-3-4-6-14)10-13-7-8-15(16)9-13/h12-15,17H,3-11H2,1-2H3. The minimum atomic E-state index is 0.660. The minimum Gasteiger partial charge on any atom is -0.314 e. The van der Waals surface area contributed by atoms with Crippen LogP contribution in [-0.4, -0.2) is 12.6 Å². The molecule has 0 amide bonds. The van der Waals surface area contributed by atoms with E-state index in [0.717, 1.165) is 17.8 Å². The molecule has 1 heteroatoms. The summed E-state index contributed by atoms with van der Waals surface area (Å²) in [4.78, 5) is 0. The van der Waals surface area contributed by atoms with Gasteiger partial charge in [0.1, 0.15) is 0 Å². The van der Waals surface area contributed by atoms with Gasteiger partial charge in [0, 0.05) is 12.6 Å². The third-order valence-corrected chi connectivity index (χ3v) is 6.03. The van der Waals surface area contributed by atoms with Crippen LogP contribution in [0, 0.1) is 23.2 Å². The Bertz CT molecular complexity index is 267. The molecule has 1 nitrogen and oxygen atoms in total. The normalized spacial score (nSPS) is 41.8. The topological polar surface area (TPSA) is 12.0 Å². The Hall–Kier alpha value is -0.0400. The lowest BCUT2D eigenvalue weighted by Gasteiger charge is -2.44. The van der Waals surface area contributed by atoms with Gasteiger partial charge in [-0.3, -0.25) is 0 Å². The monoisotopic (exact) mass is 235 g/mol. The van der Waals surface area contributed by atoms with E-state index >= 15 is 0 Å². The van der Waals surface area contributed by atoms with Crippen LogP contribution in [0.25, 0.3) is 0 Å². The van der Waals surface area contributed by atoms with Crippen LogP contribution in [0.5, 0.6) is 0 Å². The first-order valence-corrected chi connectivity index (χ1v) is 7.94. The second-order valence-electron chi connectivity index (χ2n) is 7.33. The van der Waals surface area contributed by atoms with Gasteiger partial charge >= 0.3 is 0 Å². The predicted molar refractivity (Wildman–Crippen MR) is 73.0 cm³/mol. The number of nitrogens with one attached hydrogen (secondary N) is 1. The van der Waals surface area contributed by atoms with Crippen molar-refractivity contribution in [1.29, 1.82) is 0 Å². The lowest BCUT2D eigenvalue weighted by molar-refractivity contribution is 0.0732. The van der Waals surface area contributed by atoms with Gasteiger partial charge in [-0.15, -0.1) is 0 Å². The molecule has 3 rings (SSSR count). The van der Waals surface area contributed by atoms with Crippen molar-refractivity contribution >= 4 is 0 Å². The van der Waals surface area contributed by atoms with Crippen molar-refractivity contribution in [3.8, 4) is 0 Å². The van der Waals surface area contributed by atoms with E-state index in [1.165, 1.54) is 32.2 Å². The highest BCUT2D eigenvalue weighted by atomic mass is 14.9. The van der Waals surface area contributed by atoms with E-state index < -0.39 is 0 Å². The predicted octanol–water partition coefficient (Wildman–Crippen LogP) is 3.98. The molecule has 17 heavy (non-hydrogen) atoms. The number of fused-ring (bicyclic) bond motifs is 2. The zero-order valence-corrected chi connectivity index (χ0v) is 11.7. The number of rotatable bonds is 4. The number of hydrogen-bond acceptors (Lipinski definition) is 1. The Morgan fingerprint density at radius 2 is 1.82 bits per heavy atom. The zero-order valence-electron chi connectivity index (χ0n) is 11.7. The van der Waals surface area contributed by atoms with Crippen molar-refractivity contribution in [1.82, 2.24) is 5.32 Å². The van der Waals surface area contributed by atoms with Crippen molar-refractivity contribution in [2.75, 3.05) is 6.54 Å². The van der Waals surface area contributed by atoms with Gasteiger partial charge in [0.05, 0.1) is 0 Å². The lowest BCUT2D eigenvalue weighted by Crippen LogP contribution is -2.45. The average Bonchev–Trinajstić information content (AvgIpc) is 3.01. The molecule has 0 heterocycles. The quantitative estimate of drug-likeness (QED) is 0.777. The maximum atomic E-state index is 3.79. The first-order chi connectivity index (χ1) is 8.21. The van der Waals surface area contributed by atoms with E-state index in [1.807, 2.05) is 0 Å². The molecule has 98 valence electrons. The van der Waals surface area contributed by atoms with Crippen LogP contribution >= 0.6 is 0 Å². The highest BCUT2D eigenvalue weighted by Gasteiger charge is 2.54. The highest BCUT2D eigenvalue weighted by Crippen LogP contribution is 2.61. The third-order valence-electron chi connectivity index (χ3n) is 6.03. The Labute approximate surface area is 107 Å². The fraction of sp³-hybridized carbons (Fsp3) is 1.00. The van der Waals surface area contributed by atoms with E-state index in [4.69, 9.17) is 0 Å². The van der Waals surface area contributed by atoms with Gasteiger partial charge in [-0.2, -0.15) is 0 Å². The summed E-state index contributed by atoms with van der Waals surface area (Å²) in [5.74, 6) is 3.22. The zero-order chi connectivity index (χ0) is 11.9. The molecule has 1 N–H and O–H groups in total. The molecule has 0 radical (unpaired) electrons. The summed E-state index contributed by atoms with van der Waals surface area (Å²) in [5, 5.41) is 3.79. The molecule has 3 unspecified atom stereocenters. The van der Waals surface area contributed by atoms with E-state index in [-0.39, 0.29) is 0 Å². The van der Waals surface area contributed by atoms with Crippen molar-refractivity contribution in [2.24, 2.45) is 23.2 Å². The molecular weight excluding hydrogens is 206 g/mol. The van der Waals surface area contributed by atoms with Gasteiger partial charge in [-0.25, -0.2) is 0 Å². The summed E-state index contributed by atoms with van der Waals surface area (Å²) >= 11 is 0. The first-order valence-electron chi connectivity index (χ1n) is 7.94. The maximum Gasteiger partial charge on any atom is 0.00156 e. The van der Waals surface area contributed by atoms with Crippen LogP contribution in [0.15, 0.2) is 0 Å². The SMILES string of the molecule is CC(C)NCC1(C2CCCC2)CC2CCC1C2. The molecule has 0 aromatic carbocycles. The molecule has 3 aliphatic rings. The number of hydrogen-bond donors (Lipinski definition) is 1. The molecule has 0 aromatic heterocycles. The second-order valence-corrected chi connectivity index (χ2v) is 7.33. The van der Waals surface area contributed by atoms with Crippen LogP contribution in [0.2, 0.25) is 0 Å². The second kappa shape index (κ2) is 4.57. The molecule has 0 spiro atoms. The fourth-order valence-corrected chi connectivity index (χ4v) is 5.24. The Morgan fingerprint density at radius 3 is 2.35 bits per heavy atom. The van der Waals surface area contributed by atoms with Gasteiger partial charge in [-0.05, 0) is 55.3 Å². The van der Waals surface area contributed by atoms with E-state index in [0.29, 0.717) is 11.5 Å². The molecule has 3 saturated carbocycles. The van der Waals surface area contributed by atoms with Gasteiger partial charge in [0.2, 0.25) is 0 Å². The molecule has 2 bridgehead atoms. The molecule has 3 atom stereocenters. The van der Waals surface area contributed by atoms with Crippen LogP contribution < -0.4 is 5.32 Å². The summed E-state index contributed by atoms with van der Waals surface area (Å²) in [6.45, 7) is 5.92. The summed E-state index contributed by atoms with van der Waals surface area (Å²) < 4.78 is 0. The van der Waals surface area contributed by atoms with E-state index in [2.05, 4.69) is 19.2 Å². The summed E-state index contributed by atoms with van der Waals surface area (Å²) in [7, 11) is 0. The van der Waals surface area contributed by atoms with Gasteiger partial charge < -0.3 is 5.32 Å². The third kappa shape index (κ3) is 2.05. The van der Waals surface area contributed by atoms with Crippen molar-refractivity contribution in [3.63, 3.8) is 0 Å². The summed E-state index contributed by atoms with van der Waals surface area (Å²) in [6, 6.07) is 0.660. The van der Waals surface area contributed by atoms with Crippen LogP contribution in [0.4, 0.5) is 0 Å². The minimum absolute atomic E-state index is 0.660. The summed E-state index contributed by atoms with van der Waals surface area (Å²) in [6.07, 6.45) is 12.3. The summed E-state index contributed by atoms with van der Waals surface area (Å²) in [5.41, 5.74) is 0.712. The smallest absolute Gasteiger partial charge is 0.00156 e. The molecular formula is C16H29N. The Kier molecular flexibility index (Phi) is 3.23. The van der Waals surface area contributed by atoms with Crippen LogP contribution in [-0.2, 0) is 0 Å². The lowest BCUT2D eigenvalue weighted by atomic mass is 9.64. The van der Waals surface area contributed by atoms with Gasteiger partial charge in [0.15, 0.2) is 0 Å². The van der Waals surface area contributed by atoms with E-state index in [1.54, 1.807) is 25.7 Å². The molecule has 0 saturated heterocycles. The molecule has 3 aliphatic carbocycles. The first kappa shape index (κ1) is 12.0. The van der Waals surface area contributed by atoms with E-state index in [9.17, 15) is 0 Å². The van der Waals surface area contributed by atoms with Crippen LogP contribution in [0.1, 0.15) is 65.2 Å². The van der Waals surface area contributed by atoms with Crippen molar-refractivity contribution in [2.45, 2.75) is 71.3 Å². The van der Waals surface area contributed by atoms with Crippen molar-refractivity contribution in [3.05, 3.63) is 0 Å². The molecule has 3 fully saturated rings. The Balaban J connectivity index is 1.75. The largest absolute Gasteiger partial charge is 0.314 e. The molecule has 0 aromatic rings. The Morgan fingerprint density at radius 1 is 1.06 bits per heavy atom. The molecule has 0 aliphatic heterocycles. The highest BCUT2D eigenvalue weighted by molar-refractivity contribution is 5.05.